The maximum atomic E-state index is 12.6. The third-order valence-corrected chi connectivity index (χ3v) is 3.94. The molecule has 2 aromatic heterocycles. The zero-order chi connectivity index (χ0) is 17.3. The van der Waals surface area contributed by atoms with Gasteiger partial charge >= 0.3 is 6.18 Å². The highest BCUT2D eigenvalue weighted by atomic mass is 32.1. The van der Waals surface area contributed by atoms with Gasteiger partial charge in [0, 0.05) is 22.8 Å². The van der Waals surface area contributed by atoms with Crippen molar-refractivity contribution in [2.45, 2.75) is 13.1 Å². The first kappa shape index (κ1) is 16.2. The van der Waals surface area contributed by atoms with Gasteiger partial charge in [-0.05, 0) is 37.3 Å². The van der Waals surface area contributed by atoms with Crippen molar-refractivity contribution >= 4 is 22.4 Å². The Morgan fingerprint density at radius 3 is 2.46 bits per heavy atom. The van der Waals surface area contributed by atoms with E-state index in [1.54, 1.807) is 6.20 Å². The number of amides is 1. The number of anilines is 1. The van der Waals surface area contributed by atoms with E-state index in [1.165, 1.54) is 41.8 Å². The number of hydrogen-bond acceptors (Lipinski definition) is 4. The average molecular weight is 352 g/mol. The van der Waals surface area contributed by atoms with E-state index in [4.69, 9.17) is 0 Å². The summed E-state index contributed by atoms with van der Waals surface area (Å²) in [6.45, 7) is 1.88. The molecule has 0 spiro atoms. The van der Waals surface area contributed by atoms with Gasteiger partial charge in [0.1, 0.15) is 0 Å². The van der Waals surface area contributed by atoms with Crippen LogP contribution in [0.1, 0.15) is 20.9 Å². The highest BCUT2D eigenvalue weighted by Crippen LogP contribution is 2.28. The number of hydrogen-bond donors (Lipinski definition) is 1. The molecular weight excluding hydrogens is 341 g/mol. The van der Waals surface area contributed by atoms with E-state index >= 15 is 0 Å². The van der Waals surface area contributed by atoms with E-state index in [0.29, 0.717) is 16.4 Å². The molecule has 0 fully saturated rings. The van der Waals surface area contributed by atoms with Crippen molar-refractivity contribution in [3.05, 3.63) is 58.9 Å². The van der Waals surface area contributed by atoms with Crippen molar-refractivity contribution in [2.75, 3.05) is 5.32 Å². The van der Waals surface area contributed by atoms with Crippen LogP contribution >= 0.6 is 11.3 Å². The standard InChI is InChI=1S/C15H11F3N4OS/c1-9-8-19-14(24-9)20-13(23)10-2-4-11(5-3-10)22-7-6-12(21-22)15(16,17)18/h2-8H,1H3,(H,19,20,23). The number of aryl methyl sites for hydroxylation is 1. The molecule has 1 amide bonds. The predicted molar refractivity (Wildman–Crippen MR) is 83.4 cm³/mol. The molecule has 0 radical (unpaired) electrons. The molecule has 0 aliphatic rings. The number of nitrogens with one attached hydrogen (secondary N) is 1. The van der Waals surface area contributed by atoms with Crippen molar-refractivity contribution in [3.8, 4) is 5.69 Å². The maximum Gasteiger partial charge on any atom is 0.435 e. The van der Waals surface area contributed by atoms with Gasteiger partial charge in [0.2, 0.25) is 0 Å². The van der Waals surface area contributed by atoms with Gasteiger partial charge in [0.05, 0.1) is 5.69 Å². The van der Waals surface area contributed by atoms with E-state index in [0.717, 1.165) is 15.6 Å². The minimum atomic E-state index is -4.49. The fraction of sp³-hybridized carbons (Fsp3) is 0.133. The van der Waals surface area contributed by atoms with E-state index in [-0.39, 0.29) is 5.91 Å². The fourth-order valence-electron chi connectivity index (χ4n) is 1.97. The largest absolute Gasteiger partial charge is 0.435 e. The number of thiazole rings is 1. The molecule has 0 aliphatic heterocycles. The molecule has 0 bridgehead atoms. The number of alkyl halides is 3. The van der Waals surface area contributed by atoms with E-state index < -0.39 is 11.9 Å². The molecule has 3 rings (SSSR count). The molecule has 0 saturated carbocycles. The van der Waals surface area contributed by atoms with Gasteiger partial charge in [-0.1, -0.05) is 0 Å². The highest BCUT2D eigenvalue weighted by molar-refractivity contribution is 7.15. The Morgan fingerprint density at radius 2 is 1.92 bits per heavy atom. The zero-order valence-electron chi connectivity index (χ0n) is 12.3. The number of nitrogens with zero attached hydrogens (tertiary/aromatic N) is 3. The number of rotatable bonds is 3. The van der Waals surface area contributed by atoms with Crippen LogP contribution in [0.3, 0.4) is 0 Å². The first-order chi connectivity index (χ1) is 11.3. The second-order valence-corrected chi connectivity index (χ2v) is 6.16. The number of halogens is 3. The van der Waals surface area contributed by atoms with Crippen LogP contribution in [-0.2, 0) is 6.18 Å². The second kappa shape index (κ2) is 6.08. The molecule has 9 heteroatoms. The van der Waals surface area contributed by atoms with Crippen LogP contribution < -0.4 is 5.32 Å². The Kier molecular flexibility index (Phi) is 4.10. The minimum absolute atomic E-state index is 0.340. The zero-order valence-corrected chi connectivity index (χ0v) is 13.1. The molecule has 24 heavy (non-hydrogen) atoms. The molecule has 1 aromatic carbocycles. The van der Waals surface area contributed by atoms with Gasteiger partial charge in [-0.2, -0.15) is 18.3 Å². The van der Waals surface area contributed by atoms with Crippen LogP contribution in [0, 0.1) is 6.92 Å². The Hall–Kier alpha value is -2.68. The van der Waals surface area contributed by atoms with Gasteiger partial charge < -0.3 is 0 Å². The van der Waals surface area contributed by atoms with Crippen molar-refractivity contribution in [3.63, 3.8) is 0 Å². The summed E-state index contributed by atoms with van der Waals surface area (Å²) in [5.74, 6) is -0.340. The normalized spacial score (nSPS) is 11.5. The average Bonchev–Trinajstić information content (AvgIpc) is 3.16. The third-order valence-electron chi connectivity index (χ3n) is 3.12. The molecule has 124 valence electrons. The van der Waals surface area contributed by atoms with Crippen LogP contribution in [-0.4, -0.2) is 20.7 Å². The molecule has 1 N–H and O–H groups in total. The van der Waals surface area contributed by atoms with Crippen LogP contribution in [0.2, 0.25) is 0 Å². The Labute approximate surface area is 138 Å². The lowest BCUT2D eigenvalue weighted by molar-refractivity contribution is -0.141. The molecule has 0 unspecified atom stereocenters. The van der Waals surface area contributed by atoms with Gasteiger partial charge in [0.25, 0.3) is 5.91 Å². The van der Waals surface area contributed by atoms with E-state index in [2.05, 4.69) is 15.4 Å². The van der Waals surface area contributed by atoms with Crippen molar-refractivity contribution in [1.82, 2.24) is 14.8 Å². The lowest BCUT2D eigenvalue weighted by Crippen LogP contribution is -2.11. The van der Waals surface area contributed by atoms with Gasteiger partial charge in [-0.3, -0.25) is 10.1 Å². The van der Waals surface area contributed by atoms with Crippen LogP contribution in [0.15, 0.2) is 42.7 Å². The summed E-state index contributed by atoms with van der Waals surface area (Å²) in [6.07, 6.45) is -1.62. The summed E-state index contributed by atoms with van der Waals surface area (Å²) in [5, 5.41) is 6.63. The Balaban J connectivity index is 1.75. The quantitative estimate of drug-likeness (QED) is 0.777. The van der Waals surface area contributed by atoms with Crippen LogP contribution in [0.4, 0.5) is 18.3 Å². The Morgan fingerprint density at radius 1 is 1.21 bits per heavy atom. The second-order valence-electron chi connectivity index (χ2n) is 4.92. The van der Waals surface area contributed by atoms with Crippen LogP contribution in [0.25, 0.3) is 5.69 Å². The summed E-state index contributed by atoms with van der Waals surface area (Å²) in [7, 11) is 0. The first-order valence-electron chi connectivity index (χ1n) is 6.80. The molecular formula is C15H11F3N4OS. The highest BCUT2D eigenvalue weighted by Gasteiger charge is 2.33. The van der Waals surface area contributed by atoms with E-state index in [9.17, 15) is 18.0 Å². The topological polar surface area (TPSA) is 59.8 Å². The number of carbonyl (C=O) groups is 1. The summed E-state index contributed by atoms with van der Waals surface area (Å²) < 4.78 is 38.8. The smallest absolute Gasteiger partial charge is 0.298 e. The molecule has 2 heterocycles. The summed E-state index contributed by atoms with van der Waals surface area (Å²) in [5.41, 5.74) is -0.176. The molecule has 0 aliphatic carbocycles. The summed E-state index contributed by atoms with van der Waals surface area (Å²) in [4.78, 5) is 17.1. The number of aromatic nitrogens is 3. The number of benzene rings is 1. The monoisotopic (exact) mass is 352 g/mol. The van der Waals surface area contributed by atoms with E-state index in [1.807, 2.05) is 6.92 Å². The van der Waals surface area contributed by atoms with Crippen molar-refractivity contribution in [1.29, 1.82) is 0 Å². The van der Waals surface area contributed by atoms with Gasteiger partial charge in [-0.25, -0.2) is 9.67 Å². The van der Waals surface area contributed by atoms with Crippen LogP contribution in [0.5, 0.6) is 0 Å². The Bertz CT molecular complexity index is 867. The molecule has 0 saturated heterocycles. The molecule has 0 atom stereocenters. The van der Waals surface area contributed by atoms with Gasteiger partial charge in [-0.15, -0.1) is 11.3 Å². The lowest BCUT2D eigenvalue weighted by Gasteiger charge is -2.05. The number of carbonyl (C=O) groups excluding carboxylic acids is 1. The van der Waals surface area contributed by atoms with Gasteiger partial charge in [0.15, 0.2) is 10.8 Å². The van der Waals surface area contributed by atoms with Crippen molar-refractivity contribution < 1.29 is 18.0 Å². The first-order valence-corrected chi connectivity index (χ1v) is 7.62. The minimum Gasteiger partial charge on any atom is -0.298 e. The summed E-state index contributed by atoms with van der Waals surface area (Å²) in [6, 6.07) is 6.97. The fourth-order valence-corrected chi connectivity index (χ4v) is 2.63. The molecule has 3 aromatic rings. The SMILES string of the molecule is Cc1cnc(NC(=O)c2ccc(-n3ccc(C(F)(F)F)n3)cc2)s1. The van der Waals surface area contributed by atoms with Crippen molar-refractivity contribution in [2.24, 2.45) is 0 Å². The third kappa shape index (κ3) is 3.46. The maximum absolute atomic E-state index is 12.6. The lowest BCUT2D eigenvalue weighted by atomic mass is 10.2. The summed E-state index contributed by atoms with van der Waals surface area (Å²) >= 11 is 1.35. The molecule has 5 nitrogen and oxygen atoms in total. The predicted octanol–water partition coefficient (Wildman–Crippen LogP) is 3.91.